The van der Waals surface area contributed by atoms with Gasteiger partial charge in [-0.15, -0.1) is 0 Å². The Bertz CT molecular complexity index is 632. The molecule has 1 unspecified atom stereocenters. The van der Waals surface area contributed by atoms with E-state index in [9.17, 15) is 8.42 Å². The molecule has 1 aromatic carbocycles. The highest BCUT2D eigenvalue weighted by Gasteiger charge is 2.30. The number of nitrogens with two attached hydrogens (primary N) is 1. The number of sulfonamides is 1. The van der Waals surface area contributed by atoms with E-state index in [4.69, 9.17) is 5.73 Å². The molecule has 2 saturated heterocycles. The monoisotopic (exact) mass is 310 g/mol. The minimum atomic E-state index is -3.49. The van der Waals surface area contributed by atoms with Crippen LogP contribution in [0.4, 0.5) is 11.4 Å². The summed E-state index contributed by atoms with van der Waals surface area (Å²) in [6.07, 6.45) is 2.53. The summed E-state index contributed by atoms with van der Waals surface area (Å²) >= 11 is 0. The molecule has 0 radical (unpaired) electrons. The predicted molar refractivity (Wildman–Crippen MR) is 83.9 cm³/mol. The summed E-state index contributed by atoms with van der Waals surface area (Å²) in [7, 11) is -2.10. The van der Waals surface area contributed by atoms with Crippen molar-refractivity contribution in [1.29, 1.82) is 0 Å². The Hall–Kier alpha value is -1.31. The van der Waals surface area contributed by atoms with Crippen molar-refractivity contribution in [3.63, 3.8) is 0 Å². The molecule has 0 aliphatic carbocycles. The molecular weight excluding hydrogens is 288 g/mol. The van der Waals surface area contributed by atoms with Crippen molar-refractivity contribution in [2.75, 3.05) is 43.9 Å². The van der Waals surface area contributed by atoms with Gasteiger partial charge in [-0.05, 0) is 44.6 Å². The lowest BCUT2D eigenvalue weighted by Crippen LogP contribution is -2.50. The molecule has 0 saturated carbocycles. The third-order valence-electron chi connectivity index (χ3n) is 4.50. The molecule has 116 valence electrons. The van der Waals surface area contributed by atoms with Gasteiger partial charge in [0, 0.05) is 31.4 Å². The molecule has 2 aliphatic heterocycles. The smallest absolute Gasteiger partial charge is 0.242 e. The number of rotatable bonds is 3. The molecule has 0 spiro atoms. The molecule has 2 heterocycles. The van der Waals surface area contributed by atoms with Crippen molar-refractivity contribution in [3.8, 4) is 0 Å². The van der Waals surface area contributed by atoms with Gasteiger partial charge in [-0.1, -0.05) is 0 Å². The first-order valence-electron chi connectivity index (χ1n) is 7.33. The van der Waals surface area contributed by atoms with E-state index in [1.807, 2.05) is 6.07 Å². The van der Waals surface area contributed by atoms with Gasteiger partial charge >= 0.3 is 0 Å². The van der Waals surface area contributed by atoms with Crippen LogP contribution in [-0.4, -0.2) is 52.6 Å². The van der Waals surface area contributed by atoms with Crippen LogP contribution >= 0.6 is 0 Å². The van der Waals surface area contributed by atoms with E-state index in [0.29, 0.717) is 11.7 Å². The topological polar surface area (TPSA) is 78.7 Å². The van der Waals surface area contributed by atoms with Crippen molar-refractivity contribution < 1.29 is 8.42 Å². The van der Waals surface area contributed by atoms with E-state index in [1.54, 1.807) is 12.1 Å². The number of nitrogen functional groups attached to an aromatic ring is 1. The Morgan fingerprint density at radius 1 is 1.29 bits per heavy atom. The van der Waals surface area contributed by atoms with Gasteiger partial charge in [0.2, 0.25) is 10.0 Å². The van der Waals surface area contributed by atoms with Gasteiger partial charge in [-0.3, -0.25) is 4.90 Å². The van der Waals surface area contributed by atoms with E-state index >= 15 is 0 Å². The molecule has 3 N–H and O–H groups in total. The lowest BCUT2D eigenvalue weighted by Gasteiger charge is -2.39. The van der Waals surface area contributed by atoms with Crippen LogP contribution in [0, 0.1) is 0 Å². The standard InChI is InChI=1S/C14H22N4O2S/c1-16-21(19,20)14-5-4-11(9-13(14)15)18-8-7-17-6-2-3-12(17)10-18/h4-5,9,12,16H,2-3,6-8,10,15H2,1H3. The fourth-order valence-electron chi connectivity index (χ4n) is 3.31. The van der Waals surface area contributed by atoms with Crippen molar-refractivity contribution in [3.05, 3.63) is 18.2 Å². The number of fused-ring (bicyclic) bond motifs is 1. The first kappa shape index (κ1) is 14.6. The predicted octanol–water partition coefficient (Wildman–Crippen LogP) is 0.461. The van der Waals surface area contributed by atoms with E-state index in [-0.39, 0.29) is 4.90 Å². The highest BCUT2D eigenvalue weighted by Crippen LogP contribution is 2.29. The van der Waals surface area contributed by atoms with Crippen LogP contribution in [0.25, 0.3) is 0 Å². The number of benzene rings is 1. The quantitative estimate of drug-likeness (QED) is 0.793. The molecule has 2 aliphatic rings. The Balaban J connectivity index is 1.82. The van der Waals surface area contributed by atoms with Crippen molar-refractivity contribution >= 4 is 21.4 Å². The summed E-state index contributed by atoms with van der Waals surface area (Å²) in [5.74, 6) is 0. The Morgan fingerprint density at radius 2 is 2.10 bits per heavy atom. The zero-order chi connectivity index (χ0) is 15.0. The Labute approximate surface area is 126 Å². The zero-order valence-corrected chi connectivity index (χ0v) is 13.1. The minimum Gasteiger partial charge on any atom is -0.398 e. The fourth-order valence-corrected chi connectivity index (χ4v) is 4.15. The molecule has 0 amide bonds. The average Bonchev–Trinajstić information content (AvgIpc) is 2.94. The summed E-state index contributed by atoms with van der Waals surface area (Å²) in [6.45, 7) is 4.24. The summed E-state index contributed by atoms with van der Waals surface area (Å²) in [5.41, 5.74) is 7.25. The van der Waals surface area contributed by atoms with E-state index in [1.165, 1.54) is 26.4 Å². The van der Waals surface area contributed by atoms with Crippen molar-refractivity contribution in [2.45, 2.75) is 23.8 Å². The number of piperazine rings is 1. The first-order valence-corrected chi connectivity index (χ1v) is 8.81. The van der Waals surface area contributed by atoms with Crippen molar-refractivity contribution in [2.24, 2.45) is 0 Å². The summed E-state index contributed by atoms with van der Waals surface area (Å²) < 4.78 is 26.0. The molecular formula is C14H22N4O2S. The van der Waals surface area contributed by atoms with Gasteiger partial charge in [-0.2, -0.15) is 0 Å². The van der Waals surface area contributed by atoms with Crippen LogP contribution < -0.4 is 15.4 Å². The van der Waals surface area contributed by atoms with E-state index < -0.39 is 10.0 Å². The first-order chi connectivity index (χ1) is 10.0. The summed E-state index contributed by atoms with van der Waals surface area (Å²) in [4.78, 5) is 4.99. The normalized spacial score (nSPS) is 23.3. The number of nitrogens with one attached hydrogen (secondary N) is 1. The van der Waals surface area contributed by atoms with Gasteiger partial charge in [-0.25, -0.2) is 13.1 Å². The number of nitrogens with zero attached hydrogens (tertiary/aromatic N) is 2. The van der Waals surface area contributed by atoms with Gasteiger partial charge in [0.15, 0.2) is 0 Å². The zero-order valence-electron chi connectivity index (χ0n) is 12.2. The Kier molecular flexibility index (Phi) is 3.81. The molecule has 3 rings (SSSR count). The van der Waals surface area contributed by atoms with Gasteiger partial charge < -0.3 is 10.6 Å². The van der Waals surface area contributed by atoms with Gasteiger partial charge in [0.05, 0.1) is 5.69 Å². The van der Waals surface area contributed by atoms with E-state index in [0.717, 1.165) is 25.3 Å². The average molecular weight is 310 g/mol. The third-order valence-corrected chi connectivity index (χ3v) is 5.99. The fraction of sp³-hybridized carbons (Fsp3) is 0.571. The highest BCUT2D eigenvalue weighted by atomic mass is 32.2. The van der Waals surface area contributed by atoms with Crippen LogP contribution in [0.2, 0.25) is 0 Å². The second-order valence-corrected chi connectivity index (χ2v) is 7.56. The maximum absolute atomic E-state index is 11.8. The number of hydrogen-bond donors (Lipinski definition) is 2. The molecule has 21 heavy (non-hydrogen) atoms. The highest BCUT2D eigenvalue weighted by molar-refractivity contribution is 7.89. The molecule has 0 aromatic heterocycles. The summed E-state index contributed by atoms with van der Waals surface area (Å²) in [5, 5.41) is 0. The largest absolute Gasteiger partial charge is 0.398 e. The SMILES string of the molecule is CNS(=O)(=O)c1ccc(N2CCN3CCCC3C2)cc1N. The lowest BCUT2D eigenvalue weighted by molar-refractivity contribution is 0.231. The third kappa shape index (κ3) is 2.73. The van der Waals surface area contributed by atoms with Crippen LogP contribution in [0.3, 0.4) is 0 Å². The maximum atomic E-state index is 11.8. The number of anilines is 2. The van der Waals surface area contributed by atoms with Crippen LogP contribution in [0.1, 0.15) is 12.8 Å². The van der Waals surface area contributed by atoms with Gasteiger partial charge in [0.25, 0.3) is 0 Å². The second kappa shape index (κ2) is 5.47. The lowest BCUT2D eigenvalue weighted by atomic mass is 10.1. The molecule has 1 atom stereocenters. The van der Waals surface area contributed by atoms with Crippen LogP contribution in [0.15, 0.2) is 23.1 Å². The number of hydrogen-bond acceptors (Lipinski definition) is 5. The second-order valence-electron chi connectivity index (χ2n) is 5.71. The molecule has 7 heteroatoms. The summed E-state index contributed by atoms with van der Waals surface area (Å²) in [6, 6.07) is 5.85. The minimum absolute atomic E-state index is 0.147. The molecule has 2 fully saturated rings. The van der Waals surface area contributed by atoms with E-state index in [2.05, 4.69) is 14.5 Å². The van der Waals surface area contributed by atoms with Crippen LogP contribution in [0.5, 0.6) is 0 Å². The van der Waals surface area contributed by atoms with Crippen molar-refractivity contribution in [1.82, 2.24) is 9.62 Å². The molecule has 1 aromatic rings. The van der Waals surface area contributed by atoms with Crippen LogP contribution in [-0.2, 0) is 10.0 Å². The Morgan fingerprint density at radius 3 is 2.81 bits per heavy atom. The maximum Gasteiger partial charge on any atom is 0.242 e. The molecule has 0 bridgehead atoms. The molecule has 6 nitrogen and oxygen atoms in total. The van der Waals surface area contributed by atoms with Gasteiger partial charge in [0.1, 0.15) is 4.90 Å².